The lowest BCUT2D eigenvalue weighted by Gasteiger charge is -2.35. The van der Waals surface area contributed by atoms with Gasteiger partial charge in [0.05, 0.1) is 11.5 Å². The number of likely N-dealkylation sites (tertiary alicyclic amines) is 1. The molecule has 1 aliphatic heterocycles. The van der Waals surface area contributed by atoms with E-state index in [9.17, 15) is 33.1 Å². The maximum atomic E-state index is 12.7. The molecule has 1 aliphatic rings. The van der Waals surface area contributed by atoms with E-state index in [1.165, 1.54) is 0 Å². The SMILES string of the molecule is CC[N+](O)(C(=O)C1CCN(C(=O)[O-])CC1)c1ccc(C(F)(F)F)cc1. The Balaban J connectivity index is 2.19. The number of halogens is 3. The normalized spacial score (nSPS) is 18.7. The third-order valence-electron chi connectivity index (χ3n) is 4.55. The van der Waals surface area contributed by atoms with Gasteiger partial charge in [-0.2, -0.15) is 13.2 Å². The average molecular weight is 360 g/mol. The lowest BCUT2D eigenvalue weighted by Crippen LogP contribution is -2.56. The van der Waals surface area contributed by atoms with Crippen molar-refractivity contribution in [3.63, 3.8) is 0 Å². The molecule has 1 saturated heterocycles. The summed E-state index contributed by atoms with van der Waals surface area (Å²) in [7, 11) is 0. The number of hydroxylamine groups is 2. The molecule has 0 aliphatic carbocycles. The van der Waals surface area contributed by atoms with Gasteiger partial charge in [0.1, 0.15) is 12.6 Å². The van der Waals surface area contributed by atoms with E-state index in [4.69, 9.17) is 0 Å². The second kappa shape index (κ2) is 7.01. The van der Waals surface area contributed by atoms with Crippen LogP contribution in [0.3, 0.4) is 0 Å². The first-order valence-corrected chi connectivity index (χ1v) is 7.88. The summed E-state index contributed by atoms with van der Waals surface area (Å²) < 4.78 is 36.9. The zero-order valence-corrected chi connectivity index (χ0v) is 13.6. The lowest BCUT2D eigenvalue weighted by atomic mass is 9.95. The number of rotatable bonds is 3. The molecule has 1 N–H and O–H groups in total. The van der Waals surface area contributed by atoms with Crippen molar-refractivity contribution in [3.8, 4) is 0 Å². The van der Waals surface area contributed by atoms with Gasteiger partial charge in [-0.15, -0.1) is 0 Å². The van der Waals surface area contributed by atoms with E-state index in [0.717, 1.165) is 29.2 Å². The number of alkyl halides is 3. The second-order valence-electron chi connectivity index (χ2n) is 6.00. The van der Waals surface area contributed by atoms with Crippen LogP contribution in [-0.2, 0) is 11.0 Å². The molecule has 6 nitrogen and oxygen atoms in total. The Kier molecular flexibility index (Phi) is 5.38. The molecule has 9 heteroatoms. The average Bonchev–Trinajstić information content (AvgIpc) is 2.59. The molecule has 1 atom stereocenters. The van der Waals surface area contributed by atoms with Crippen LogP contribution in [0.15, 0.2) is 24.3 Å². The first kappa shape index (κ1) is 19.2. The summed E-state index contributed by atoms with van der Waals surface area (Å²) in [4.78, 5) is 24.6. The maximum Gasteiger partial charge on any atom is 0.416 e. The molecule has 0 saturated carbocycles. The monoisotopic (exact) mass is 360 g/mol. The van der Waals surface area contributed by atoms with Crippen molar-refractivity contribution in [3.05, 3.63) is 29.8 Å². The molecule has 1 fully saturated rings. The van der Waals surface area contributed by atoms with Crippen molar-refractivity contribution >= 4 is 17.7 Å². The van der Waals surface area contributed by atoms with Crippen molar-refractivity contribution in [1.82, 2.24) is 9.55 Å². The van der Waals surface area contributed by atoms with Crippen LogP contribution in [-0.4, -0.2) is 41.7 Å². The highest BCUT2D eigenvalue weighted by Gasteiger charge is 2.43. The maximum absolute atomic E-state index is 12.7. The number of hydrogen-bond donors (Lipinski definition) is 1. The Morgan fingerprint density at radius 3 is 2.16 bits per heavy atom. The van der Waals surface area contributed by atoms with E-state index in [1.807, 2.05) is 0 Å². The summed E-state index contributed by atoms with van der Waals surface area (Å²) in [6.45, 7) is 1.74. The molecular formula is C16H19F3N2O4. The molecule has 1 aromatic carbocycles. The second-order valence-corrected chi connectivity index (χ2v) is 6.00. The Morgan fingerprint density at radius 2 is 1.76 bits per heavy atom. The molecule has 0 bridgehead atoms. The van der Waals surface area contributed by atoms with Gasteiger partial charge in [0.25, 0.3) is 0 Å². The topological polar surface area (TPSA) is 80.7 Å². The molecule has 0 radical (unpaired) electrons. The molecule has 2 amide bonds. The van der Waals surface area contributed by atoms with Crippen LogP contribution in [0.2, 0.25) is 0 Å². The van der Waals surface area contributed by atoms with Gasteiger partial charge in [0.2, 0.25) is 0 Å². The largest absolute Gasteiger partial charge is 0.530 e. The Morgan fingerprint density at radius 1 is 1.24 bits per heavy atom. The highest BCUT2D eigenvalue weighted by molar-refractivity contribution is 5.88. The van der Waals surface area contributed by atoms with Crippen LogP contribution in [0.1, 0.15) is 25.3 Å². The van der Waals surface area contributed by atoms with Crippen molar-refractivity contribution in [2.75, 3.05) is 19.6 Å². The molecule has 25 heavy (non-hydrogen) atoms. The third-order valence-corrected chi connectivity index (χ3v) is 4.55. The van der Waals surface area contributed by atoms with E-state index in [2.05, 4.69) is 0 Å². The van der Waals surface area contributed by atoms with E-state index in [0.29, 0.717) is 0 Å². The fourth-order valence-electron chi connectivity index (χ4n) is 2.97. The number of carboxylic acid groups (broad SMARTS) is 1. The molecule has 1 unspecified atom stereocenters. The van der Waals surface area contributed by atoms with Crippen molar-refractivity contribution in [1.29, 1.82) is 0 Å². The van der Waals surface area contributed by atoms with E-state index in [1.54, 1.807) is 6.92 Å². The predicted octanol–water partition coefficient (Wildman–Crippen LogP) is 2.00. The van der Waals surface area contributed by atoms with Crippen LogP contribution >= 0.6 is 0 Å². The minimum Gasteiger partial charge on any atom is -0.530 e. The van der Waals surface area contributed by atoms with Crippen LogP contribution in [0, 0.1) is 5.92 Å². The Hall–Kier alpha value is -2.13. The highest BCUT2D eigenvalue weighted by atomic mass is 19.4. The van der Waals surface area contributed by atoms with E-state index < -0.39 is 34.3 Å². The van der Waals surface area contributed by atoms with Gasteiger partial charge in [0.15, 0.2) is 5.69 Å². The van der Waals surface area contributed by atoms with Crippen LogP contribution in [0.5, 0.6) is 0 Å². The zero-order chi connectivity index (χ0) is 18.8. The predicted molar refractivity (Wildman–Crippen MR) is 80.3 cm³/mol. The van der Waals surface area contributed by atoms with Gasteiger partial charge in [-0.1, -0.05) is 4.65 Å². The van der Waals surface area contributed by atoms with E-state index >= 15 is 0 Å². The number of carbonyl (C=O) groups is 2. The number of hydrogen-bond acceptors (Lipinski definition) is 4. The number of piperidine rings is 1. The van der Waals surface area contributed by atoms with Gasteiger partial charge < -0.3 is 14.8 Å². The van der Waals surface area contributed by atoms with Gasteiger partial charge in [-0.3, -0.25) is 0 Å². The van der Waals surface area contributed by atoms with E-state index in [-0.39, 0.29) is 38.2 Å². The van der Waals surface area contributed by atoms with Gasteiger partial charge in [0, 0.05) is 25.2 Å². The summed E-state index contributed by atoms with van der Waals surface area (Å²) in [5.41, 5.74) is -0.823. The summed E-state index contributed by atoms with van der Waals surface area (Å²) in [6.07, 6.45) is -5.35. The molecule has 1 heterocycles. The van der Waals surface area contributed by atoms with Gasteiger partial charge in [-0.05, 0) is 31.9 Å². The summed E-state index contributed by atoms with van der Waals surface area (Å²) in [6, 6.07) is 3.81. The summed E-state index contributed by atoms with van der Waals surface area (Å²) in [5, 5.41) is 21.5. The number of amides is 2. The third kappa shape index (κ3) is 3.93. The summed E-state index contributed by atoms with van der Waals surface area (Å²) in [5.74, 6) is -1.14. The molecule has 2 rings (SSSR count). The highest BCUT2D eigenvalue weighted by Crippen LogP contribution is 2.33. The van der Waals surface area contributed by atoms with Gasteiger partial charge >= 0.3 is 12.1 Å². The Labute approximate surface area is 142 Å². The fourth-order valence-corrected chi connectivity index (χ4v) is 2.97. The van der Waals surface area contributed by atoms with Crippen molar-refractivity contribution < 1.29 is 33.1 Å². The van der Waals surface area contributed by atoms with Crippen LogP contribution in [0.4, 0.5) is 23.7 Å². The quantitative estimate of drug-likeness (QED) is 0.508. The minimum absolute atomic E-state index is 0.0443. The number of quaternary nitrogens is 1. The Bertz CT molecular complexity index is 640. The molecule has 1 aromatic rings. The molecule has 138 valence electrons. The number of carbonyl (C=O) groups excluding carboxylic acids is 2. The molecular weight excluding hydrogens is 341 g/mol. The van der Waals surface area contributed by atoms with Crippen molar-refractivity contribution in [2.45, 2.75) is 25.9 Å². The first-order valence-electron chi connectivity index (χ1n) is 7.88. The molecule has 0 aromatic heterocycles. The number of benzene rings is 1. The molecule has 0 spiro atoms. The zero-order valence-electron chi connectivity index (χ0n) is 13.6. The van der Waals surface area contributed by atoms with Crippen LogP contribution < -0.4 is 9.75 Å². The lowest BCUT2D eigenvalue weighted by molar-refractivity contribution is -0.266. The minimum atomic E-state index is -4.50. The standard InChI is InChI=1S/C16H19F3N2O4/c1-2-21(25,13-5-3-12(4-6-13)16(17,18)19)14(22)11-7-9-20(10-8-11)15(23)24/h3-6,11,25H,2,7-10H2,1H3. The fraction of sp³-hybridized carbons (Fsp3) is 0.500. The van der Waals surface area contributed by atoms with Gasteiger partial charge in [-0.25, -0.2) is 10.0 Å². The smallest absolute Gasteiger partial charge is 0.416 e. The van der Waals surface area contributed by atoms with Crippen molar-refractivity contribution in [2.24, 2.45) is 5.92 Å². The summed E-state index contributed by atoms with van der Waals surface area (Å²) >= 11 is 0. The first-order chi connectivity index (χ1) is 11.6. The van der Waals surface area contributed by atoms with Crippen LogP contribution in [0.25, 0.3) is 0 Å². The number of nitrogens with zero attached hydrogens (tertiary/aromatic N) is 2.